The fourth-order valence-corrected chi connectivity index (χ4v) is 0.739. The molecule has 68 valence electrons. The van der Waals surface area contributed by atoms with Gasteiger partial charge in [-0.25, -0.2) is 8.78 Å². The summed E-state index contributed by atoms with van der Waals surface area (Å²) in [6, 6.07) is 1.75. The molecule has 0 radical (unpaired) electrons. The highest BCUT2D eigenvalue weighted by atomic mass is 19.2. The number of rotatable bonds is 2. The minimum atomic E-state index is -1.56. The molecule has 1 aromatic carbocycles. The quantitative estimate of drug-likeness (QED) is 0.507. The minimum Gasteiger partial charge on any atom is -0.478 e. The van der Waals surface area contributed by atoms with Crippen LogP contribution in [0.15, 0.2) is 12.1 Å². The molecule has 0 saturated carbocycles. The first-order chi connectivity index (χ1) is 6.16. The summed E-state index contributed by atoms with van der Waals surface area (Å²) in [5.74, 6) is -2.50. The van der Waals surface area contributed by atoms with Gasteiger partial charge in [0, 0.05) is 0 Å². The molecule has 0 aromatic heterocycles. The molecular weight excluding hydrogens is 181 g/mol. The SMILES string of the molecule is C#CCOc1ccc(F)c(F)c1F. The molecule has 1 rings (SSSR count). The Labute approximate surface area is 73.1 Å². The van der Waals surface area contributed by atoms with Crippen LogP contribution in [-0.4, -0.2) is 6.61 Å². The molecule has 0 aliphatic carbocycles. The van der Waals surface area contributed by atoms with E-state index >= 15 is 0 Å². The molecule has 0 unspecified atom stereocenters. The highest BCUT2D eigenvalue weighted by Gasteiger charge is 2.13. The summed E-state index contributed by atoms with van der Waals surface area (Å²) >= 11 is 0. The van der Waals surface area contributed by atoms with Gasteiger partial charge in [0.2, 0.25) is 5.82 Å². The molecule has 0 aliphatic rings. The molecule has 1 nitrogen and oxygen atoms in total. The first-order valence-corrected chi connectivity index (χ1v) is 3.36. The summed E-state index contributed by atoms with van der Waals surface area (Å²) in [5, 5.41) is 0. The maximum absolute atomic E-state index is 12.8. The number of hydrogen-bond acceptors (Lipinski definition) is 1. The smallest absolute Gasteiger partial charge is 0.203 e. The van der Waals surface area contributed by atoms with Gasteiger partial charge in [0.1, 0.15) is 6.61 Å². The molecule has 0 atom stereocenters. The third-order valence-electron chi connectivity index (χ3n) is 1.31. The van der Waals surface area contributed by atoms with Gasteiger partial charge in [0.25, 0.3) is 0 Å². The molecule has 1 aromatic rings. The van der Waals surface area contributed by atoms with E-state index in [1.165, 1.54) is 0 Å². The van der Waals surface area contributed by atoms with Crippen molar-refractivity contribution in [3.8, 4) is 18.1 Å². The second-order valence-electron chi connectivity index (χ2n) is 2.17. The van der Waals surface area contributed by atoms with Gasteiger partial charge in [-0.2, -0.15) is 4.39 Å². The summed E-state index contributed by atoms with van der Waals surface area (Å²) in [6.07, 6.45) is 4.83. The molecule has 0 aliphatic heterocycles. The van der Waals surface area contributed by atoms with Crippen molar-refractivity contribution in [2.24, 2.45) is 0 Å². The molecule has 0 saturated heterocycles. The van der Waals surface area contributed by atoms with Crippen molar-refractivity contribution in [1.29, 1.82) is 0 Å². The minimum absolute atomic E-state index is 0.192. The van der Waals surface area contributed by atoms with Crippen molar-refractivity contribution < 1.29 is 17.9 Å². The van der Waals surface area contributed by atoms with Crippen LogP contribution < -0.4 is 4.74 Å². The predicted molar refractivity (Wildman–Crippen MR) is 40.6 cm³/mol. The average molecular weight is 186 g/mol. The maximum Gasteiger partial charge on any atom is 0.203 e. The lowest BCUT2D eigenvalue weighted by atomic mass is 10.3. The van der Waals surface area contributed by atoms with Gasteiger partial charge in [-0.15, -0.1) is 6.42 Å². The van der Waals surface area contributed by atoms with Crippen molar-refractivity contribution >= 4 is 0 Å². The Kier molecular flexibility index (Phi) is 2.80. The highest BCUT2D eigenvalue weighted by molar-refractivity contribution is 5.26. The third-order valence-corrected chi connectivity index (χ3v) is 1.31. The van der Waals surface area contributed by atoms with Crippen LogP contribution in [0.4, 0.5) is 13.2 Å². The molecule has 4 heteroatoms. The largest absolute Gasteiger partial charge is 0.478 e. The van der Waals surface area contributed by atoms with Crippen LogP contribution in [0.1, 0.15) is 0 Å². The van der Waals surface area contributed by atoms with Crippen LogP contribution in [0, 0.1) is 29.8 Å². The zero-order valence-corrected chi connectivity index (χ0v) is 6.48. The van der Waals surface area contributed by atoms with E-state index < -0.39 is 23.2 Å². The van der Waals surface area contributed by atoms with Crippen molar-refractivity contribution in [2.75, 3.05) is 6.61 Å². The van der Waals surface area contributed by atoms with Crippen LogP contribution in [0.3, 0.4) is 0 Å². The molecule has 0 amide bonds. The summed E-state index contributed by atoms with van der Waals surface area (Å²) < 4.78 is 42.3. The third kappa shape index (κ3) is 1.94. The number of ether oxygens (including phenoxy) is 1. The summed E-state index contributed by atoms with van der Waals surface area (Å²) in [7, 11) is 0. The van der Waals surface area contributed by atoms with Crippen LogP contribution >= 0.6 is 0 Å². The van der Waals surface area contributed by atoms with E-state index in [0.29, 0.717) is 0 Å². The lowest BCUT2D eigenvalue weighted by Crippen LogP contribution is -1.99. The molecule has 0 bridgehead atoms. The van der Waals surface area contributed by atoms with Gasteiger partial charge >= 0.3 is 0 Å². The summed E-state index contributed by atoms with van der Waals surface area (Å²) in [4.78, 5) is 0. The monoisotopic (exact) mass is 186 g/mol. The number of benzene rings is 1. The van der Waals surface area contributed by atoms with Gasteiger partial charge in [0.05, 0.1) is 0 Å². The van der Waals surface area contributed by atoms with E-state index in [1.807, 2.05) is 0 Å². The van der Waals surface area contributed by atoms with Gasteiger partial charge < -0.3 is 4.74 Å². The fraction of sp³-hybridized carbons (Fsp3) is 0.111. The molecule has 0 spiro atoms. The Bertz CT molecular complexity index is 355. The zero-order valence-electron chi connectivity index (χ0n) is 6.48. The topological polar surface area (TPSA) is 9.23 Å². The number of hydrogen-bond donors (Lipinski definition) is 0. The van der Waals surface area contributed by atoms with Gasteiger partial charge in [0.15, 0.2) is 17.4 Å². The second kappa shape index (κ2) is 3.85. The van der Waals surface area contributed by atoms with E-state index in [9.17, 15) is 13.2 Å². The van der Waals surface area contributed by atoms with Crippen LogP contribution in [0.2, 0.25) is 0 Å². The van der Waals surface area contributed by atoms with Gasteiger partial charge in [-0.05, 0) is 12.1 Å². The summed E-state index contributed by atoms with van der Waals surface area (Å²) in [5.41, 5.74) is 0. The molecule has 0 fully saturated rings. The normalized spacial score (nSPS) is 9.38. The Balaban J connectivity index is 2.98. The predicted octanol–water partition coefficient (Wildman–Crippen LogP) is 2.12. The van der Waals surface area contributed by atoms with Crippen LogP contribution in [0.5, 0.6) is 5.75 Å². The van der Waals surface area contributed by atoms with Crippen LogP contribution in [0.25, 0.3) is 0 Å². The Hall–Kier alpha value is -1.63. The molecule has 0 heterocycles. The first kappa shape index (κ1) is 9.46. The van der Waals surface area contributed by atoms with Gasteiger partial charge in [-0.1, -0.05) is 5.92 Å². The maximum atomic E-state index is 12.8. The summed E-state index contributed by atoms with van der Waals surface area (Å²) in [6.45, 7) is -0.192. The molecule has 13 heavy (non-hydrogen) atoms. The Morgan fingerprint density at radius 3 is 2.54 bits per heavy atom. The first-order valence-electron chi connectivity index (χ1n) is 3.36. The van der Waals surface area contributed by atoms with Gasteiger partial charge in [-0.3, -0.25) is 0 Å². The van der Waals surface area contributed by atoms with E-state index in [4.69, 9.17) is 6.42 Å². The molecule has 0 N–H and O–H groups in total. The average Bonchev–Trinajstić information content (AvgIpc) is 2.13. The molecular formula is C9H5F3O. The van der Waals surface area contributed by atoms with E-state index in [-0.39, 0.29) is 6.61 Å². The Morgan fingerprint density at radius 1 is 1.23 bits per heavy atom. The number of terminal acetylenes is 1. The lowest BCUT2D eigenvalue weighted by Gasteiger charge is -2.03. The van der Waals surface area contributed by atoms with Crippen LogP contribution in [-0.2, 0) is 0 Å². The second-order valence-corrected chi connectivity index (χ2v) is 2.17. The highest BCUT2D eigenvalue weighted by Crippen LogP contribution is 2.21. The van der Waals surface area contributed by atoms with E-state index in [2.05, 4.69) is 10.7 Å². The van der Waals surface area contributed by atoms with E-state index in [0.717, 1.165) is 12.1 Å². The lowest BCUT2D eigenvalue weighted by molar-refractivity contribution is 0.331. The van der Waals surface area contributed by atoms with Crippen molar-refractivity contribution in [3.05, 3.63) is 29.6 Å². The fourth-order valence-electron chi connectivity index (χ4n) is 0.739. The Morgan fingerprint density at radius 2 is 1.92 bits per heavy atom. The van der Waals surface area contributed by atoms with Crippen molar-refractivity contribution in [3.63, 3.8) is 0 Å². The standard InChI is InChI=1S/C9H5F3O/c1-2-5-13-7-4-3-6(10)8(11)9(7)12/h1,3-4H,5H2. The van der Waals surface area contributed by atoms with E-state index in [1.54, 1.807) is 0 Å². The van der Waals surface area contributed by atoms with Crippen molar-refractivity contribution in [1.82, 2.24) is 0 Å². The number of halogens is 3. The van der Waals surface area contributed by atoms with Crippen molar-refractivity contribution in [2.45, 2.75) is 0 Å². The zero-order chi connectivity index (χ0) is 9.84.